The van der Waals surface area contributed by atoms with Crippen molar-refractivity contribution in [2.24, 2.45) is 10.9 Å². The zero-order valence-corrected chi connectivity index (χ0v) is 20.3. The summed E-state index contributed by atoms with van der Waals surface area (Å²) in [7, 11) is -3.73. The molecule has 0 saturated carbocycles. The Kier molecular flexibility index (Phi) is 6.49. The molecule has 11 heteroatoms. The Hall–Kier alpha value is -3.57. The van der Waals surface area contributed by atoms with Crippen LogP contribution >= 0.6 is 11.3 Å². The highest BCUT2D eigenvalue weighted by Crippen LogP contribution is 2.27. The molecule has 2 heterocycles. The zero-order valence-electron chi connectivity index (χ0n) is 18.7. The number of fused-ring (bicyclic) bond motifs is 1. The molecule has 4 rings (SSSR count). The van der Waals surface area contributed by atoms with Gasteiger partial charge in [0, 0.05) is 11.1 Å². The molecule has 0 spiro atoms. The first-order chi connectivity index (χ1) is 16.2. The molecule has 176 valence electrons. The molecule has 0 unspecified atom stereocenters. The van der Waals surface area contributed by atoms with E-state index < -0.39 is 27.9 Å². The predicted molar refractivity (Wildman–Crippen MR) is 130 cm³/mol. The third-order valence-corrected chi connectivity index (χ3v) is 7.76. The van der Waals surface area contributed by atoms with Crippen molar-refractivity contribution in [3.8, 4) is 10.6 Å². The fraction of sp³-hybridized carbons (Fsp3) is 0.217. The van der Waals surface area contributed by atoms with Crippen molar-refractivity contribution in [2.75, 3.05) is 0 Å². The summed E-state index contributed by atoms with van der Waals surface area (Å²) < 4.78 is 27.1. The Morgan fingerprint density at radius 3 is 2.41 bits per heavy atom. The number of nitrogens with zero attached hydrogens (tertiary/aromatic N) is 2. The largest absolute Gasteiger partial charge is 0.281 e. The fourth-order valence-electron chi connectivity index (χ4n) is 3.44. The summed E-state index contributed by atoms with van der Waals surface area (Å²) in [5.74, 6) is -1.23. The van der Waals surface area contributed by atoms with Crippen LogP contribution in [0.1, 0.15) is 34.8 Å². The first kappa shape index (κ1) is 23.6. The quantitative estimate of drug-likeness (QED) is 0.467. The van der Waals surface area contributed by atoms with Gasteiger partial charge in [-0.2, -0.15) is 0 Å². The first-order valence-electron chi connectivity index (χ1n) is 10.5. The number of rotatable bonds is 5. The van der Waals surface area contributed by atoms with E-state index in [1.807, 2.05) is 30.3 Å². The van der Waals surface area contributed by atoms with Crippen molar-refractivity contribution in [1.82, 2.24) is 20.6 Å². The third-order valence-electron chi connectivity index (χ3n) is 5.15. The molecule has 1 aromatic heterocycles. The Morgan fingerprint density at radius 2 is 1.71 bits per heavy atom. The van der Waals surface area contributed by atoms with E-state index >= 15 is 0 Å². The molecule has 1 aliphatic rings. The molecule has 34 heavy (non-hydrogen) atoms. The number of amides is 2. The number of thiazole rings is 1. The number of aliphatic imine (C=N–C) groups is 1. The maximum absolute atomic E-state index is 12.9. The van der Waals surface area contributed by atoms with Gasteiger partial charge in [0.15, 0.2) is 0 Å². The number of carbonyl (C=O) groups is 2. The Labute approximate surface area is 201 Å². The normalized spacial score (nSPS) is 16.1. The van der Waals surface area contributed by atoms with E-state index in [4.69, 9.17) is 0 Å². The summed E-state index contributed by atoms with van der Waals surface area (Å²) in [6.07, 6.45) is 0. The van der Waals surface area contributed by atoms with Gasteiger partial charge in [-0.3, -0.25) is 30.2 Å². The highest BCUT2D eigenvalue weighted by atomic mass is 32.2. The molecule has 0 fully saturated rings. The first-order valence-corrected chi connectivity index (χ1v) is 12.8. The van der Waals surface area contributed by atoms with E-state index in [-0.39, 0.29) is 16.6 Å². The molecular formula is C23H23N5O4S2. The van der Waals surface area contributed by atoms with Crippen LogP contribution in [0.4, 0.5) is 0 Å². The van der Waals surface area contributed by atoms with Crippen LogP contribution in [0.2, 0.25) is 0 Å². The predicted octanol–water partition coefficient (Wildman–Crippen LogP) is 2.64. The van der Waals surface area contributed by atoms with E-state index in [2.05, 4.69) is 25.6 Å². The van der Waals surface area contributed by atoms with Gasteiger partial charge in [-0.1, -0.05) is 56.3 Å². The number of hydrogen-bond acceptors (Lipinski definition) is 7. The minimum Gasteiger partial charge on any atom is -0.271 e. The zero-order chi connectivity index (χ0) is 24.5. The smallest absolute Gasteiger partial charge is 0.271 e. The molecule has 2 amide bonds. The Balaban J connectivity index is 1.49. The lowest BCUT2D eigenvalue weighted by molar-refractivity contribution is -0.123. The van der Waals surface area contributed by atoms with Crippen molar-refractivity contribution in [3.05, 3.63) is 70.7 Å². The van der Waals surface area contributed by atoms with Crippen LogP contribution < -0.4 is 15.6 Å². The van der Waals surface area contributed by atoms with Crippen LogP contribution in [0, 0.1) is 12.8 Å². The summed E-state index contributed by atoms with van der Waals surface area (Å²) in [4.78, 5) is 34.9. The van der Waals surface area contributed by atoms with Crippen LogP contribution in [0.3, 0.4) is 0 Å². The number of aryl methyl sites for hydroxylation is 1. The number of carbonyl (C=O) groups excluding carboxylic acids is 2. The molecule has 1 atom stereocenters. The molecular weight excluding hydrogens is 474 g/mol. The molecule has 2 aromatic carbocycles. The second-order valence-corrected chi connectivity index (χ2v) is 10.7. The molecule has 1 aliphatic heterocycles. The van der Waals surface area contributed by atoms with E-state index in [1.165, 1.54) is 17.4 Å². The molecule has 0 bridgehead atoms. The van der Waals surface area contributed by atoms with Gasteiger partial charge in [-0.05, 0) is 25.0 Å². The maximum atomic E-state index is 12.9. The van der Waals surface area contributed by atoms with Gasteiger partial charge in [0.2, 0.25) is 0 Å². The van der Waals surface area contributed by atoms with Gasteiger partial charge in [-0.25, -0.2) is 13.4 Å². The summed E-state index contributed by atoms with van der Waals surface area (Å²) in [6.45, 7) is 5.29. The Bertz CT molecular complexity index is 1380. The molecule has 0 aliphatic carbocycles. The van der Waals surface area contributed by atoms with Gasteiger partial charge in [0.25, 0.3) is 21.8 Å². The summed E-state index contributed by atoms with van der Waals surface area (Å²) in [6, 6.07) is 15.0. The van der Waals surface area contributed by atoms with Gasteiger partial charge >= 0.3 is 0 Å². The maximum Gasteiger partial charge on any atom is 0.281 e. The molecule has 0 saturated heterocycles. The summed E-state index contributed by atoms with van der Waals surface area (Å²) >= 11 is 1.23. The van der Waals surface area contributed by atoms with E-state index in [1.54, 1.807) is 39.0 Å². The molecule has 3 aromatic rings. The van der Waals surface area contributed by atoms with Crippen LogP contribution in [0.15, 0.2) is 64.5 Å². The van der Waals surface area contributed by atoms with E-state index in [0.29, 0.717) is 21.1 Å². The van der Waals surface area contributed by atoms with Crippen LogP contribution in [0.5, 0.6) is 0 Å². The van der Waals surface area contributed by atoms with Crippen molar-refractivity contribution < 1.29 is 18.0 Å². The van der Waals surface area contributed by atoms with Gasteiger partial charge < -0.3 is 0 Å². The SMILES string of the molecule is Cc1nc(-c2ccccc2)sc1C(=O)NNC(=O)[C@@H](N=C1NS(=O)(=O)c2ccccc21)C(C)C. The number of aromatic nitrogens is 1. The molecule has 3 N–H and O–H groups in total. The van der Waals surface area contributed by atoms with E-state index in [0.717, 1.165) is 5.56 Å². The molecule has 0 radical (unpaired) electrons. The van der Waals surface area contributed by atoms with Gasteiger partial charge in [-0.15, -0.1) is 11.3 Å². The fourth-order valence-corrected chi connectivity index (χ4v) is 5.65. The number of benzene rings is 2. The van der Waals surface area contributed by atoms with Crippen LogP contribution in [-0.2, 0) is 14.8 Å². The number of amidine groups is 1. The highest BCUT2D eigenvalue weighted by Gasteiger charge is 2.32. The number of hydrogen-bond donors (Lipinski definition) is 3. The van der Waals surface area contributed by atoms with Crippen LogP contribution in [0.25, 0.3) is 10.6 Å². The number of nitrogens with one attached hydrogen (secondary N) is 3. The lowest BCUT2D eigenvalue weighted by Crippen LogP contribution is -2.47. The van der Waals surface area contributed by atoms with Crippen LogP contribution in [-0.4, -0.2) is 37.1 Å². The van der Waals surface area contributed by atoms with Gasteiger partial charge in [0.1, 0.15) is 21.8 Å². The minimum atomic E-state index is -3.73. The van der Waals surface area contributed by atoms with E-state index in [9.17, 15) is 18.0 Å². The monoisotopic (exact) mass is 497 g/mol. The number of sulfonamides is 1. The average Bonchev–Trinajstić information content (AvgIpc) is 3.33. The second kappa shape index (κ2) is 9.35. The Morgan fingerprint density at radius 1 is 1.03 bits per heavy atom. The second-order valence-electron chi connectivity index (χ2n) is 8.01. The minimum absolute atomic E-state index is 0.0987. The highest BCUT2D eigenvalue weighted by molar-refractivity contribution is 7.90. The van der Waals surface area contributed by atoms with Crippen molar-refractivity contribution in [3.63, 3.8) is 0 Å². The van der Waals surface area contributed by atoms with Crippen molar-refractivity contribution >= 4 is 39.0 Å². The van der Waals surface area contributed by atoms with Gasteiger partial charge in [0.05, 0.1) is 10.6 Å². The topological polar surface area (TPSA) is 130 Å². The summed E-state index contributed by atoms with van der Waals surface area (Å²) in [5.41, 5.74) is 6.69. The lowest BCUT2D eigenvalue weighted by atomic mass is 10.0. The average molecular weight is 498 g/mol. The molecule has 9 nitrogen and oxygen atoms in total. The van der Waals surface area contributed by atoms with Crippen molar-refractivity contribution in [1.29, 1.82) is 0 Å². The third kappa shape index (κ3) is 4.70. The van der Waals surface area contributed by atoms with Crippen molar-refractivity contribution in [2.45, 2.75) is 31.7 Å². The number of hydrazine groups is 1. The lowest BCUT2D eigenvalue weighted by Gasteiger charge is -2.17. The summed E-state index contributed by atoms with van der Waals surface area (Å²) in [5, 5.41) is 0.702. The standard InChI is InChI=1S/C23H23N5O4S2/c1-13(2)18(25-20-16-11-7-8-12-17(16)34(31,32)28-20)21(29)26-27-22(30)19-14(3)24-23(33-19)15-9-5-4-6-10-15/h4-13,18H,1-3H3,(H,25,28)(H,26,29)(H,27,30)/t18-/m0/s1.